The van der Waals surface area contributed by atoms with Crippen molar-refractivity contribution in [2.45, 2.75) is 38.9 Å². The van der Waals surface area contributed by atoms with Crippen LogP contribution in [0.2, 0.25) is 5.15 Å². The number of halogens is 1. The molecule has 5 heteroatoms. The molecule has 1 saturated heterocycles. The normalized spacial score (nSPS) is 19.0. The number of aromatic nitrogens is 2. The summed E-state index contributed by atoms with van der Waals surface area (Å²) >= 11 is 6.56. The predicted octanol–water partition coefficient (Wildman–Crippen LogP) is 2.85. The summed E-state index contributed by atoms with van der Waals surface area (Å²) in [5.74, 6) is 0. The van der Waals surface area contributed by atoms with E-state index in [9.17, 15) is 5.11 Å². The third-order valence-electron chi connectivity index (χ3n) is 4.43. The summed E-state index contributed by atoms with van der Waals surface area (Å²) in [6.07, 6.45) is 2.20. The summed E-state index contributed by atoms with van der Waals surface area (Å²) in [4.78, 5) is 2.31. The highest BCUT2D eigenvalue weighted by atomic mass is 35.5. The molecule has 0 radical (unpaired) electrons. The van der Waals surface area contributed by atoms with Gasteiger partial charge in [0.1, 0.15) is 5.15 Å². The summed E-state index contributed by atoms with van der Waals surface area (Å²) in [5.41, 5.74) is 3.25. The maximum Gasteiger partial charge on any atom is 0.132 e. The van der Waals surface area contributed by atoms with Gasteiger partial charge in [0, 0.05) is 18.2 Å². The van der Waals surface area contributed by atoms with Gasteiger partial charge in [-0.15, -0.1) is 0 Å². The molecule has 1 aliphatic rings. The minimum absolute atomic E-state index is 0.217. The van der Waals surface area contributed by atoms with Crippen molar-refractivity contribution in [1.82, 2.24) is 14.7 Å². The lowest BCUT2D eigenvalue weighted by Crippen LogP contribution is -2.31. The van der Waals surface area contributed by atoms with E-state index in [1.807, 2.05) is 29.8 Å². The van der Waals surface area contributed by atoms with Gasteiger partial charge in [0.05, 0.1) is 18.8 Å². The van der Waals surface area contributed by atoms with Crippen LogP contribution >= 0.6 is 11.6 Å². The third-order valence-corrected chi connectivity index (χ3v) is 4.85. The summed E-state index contributed by atoms with van der Waals surface area (Å²) in [6, 6.07) is 10.5. The molecule has 1 N–H and O–H groups in total. The van der Waals surface area contributed by atoms with E-state index < -0.39 is 0 Å². The molecular weight excluding hydrogens is 298 g/mol. The highest BCUT2D eigenvalue weighted by Gasteiger charge is 2.26. The number of nitrogens with zero attached hydrogens (tertiary/aromatic N) is 3. The van der Waals surface area contributed by atoms with Crippen LogP contribution in [0.25, 0.3) is 0 Å². The van der Waals surface area contributed by atoms with E-state index in [4.69, 9.17) is 11.6 Å². The van der Waals surface area contributed by atoms with Gasteiger partial charge in [-0.05, 0) is 31.9 Å². The van der Waals surface area contributed by atoms with Gasteiger partial charge < -0.3 is 5.11 Å². The molecule has 1 aromatic heterocycles. The van der Waals surface area contributed by atoms with Crippen LogP contribution in [0.1, 0.15) is 29.7 Å². The molecule has 4 nitrogen and oxygen atoms in total. The van der Waals surface area contributed by atoms with Gasteiger partial charge in [-0.1, -0.05) is 41.9 Å². The Hall–Kier alpha value is -1.36. The molecule has 1 atom stereocenters. The first-order valence-electron chi connectivity index (χ1n) is 7.79. The fraction of sp³-hybridized carbons (Fsp3) is 0.471. The van der Waals surface area contributed by atoms with Crippen molar-refractivity contribution < 1.29 is 5.11 Å². The molecule has 0 unspecified atom stereocenters. The maximum atomic E-state index is 9.46. The van der Waals surface area contributed by atoms with Gasteiger partial charge in [0.25, 0.3) is 0 Å². The second kappa shape index (κ2) is 6.82. The SMILES string of the molecule is Cc1nn(Cc2ccccc2)c(Cl)c1CN1CCC[C@@H]1CO. The summed E-state index contributed by atoms with van der Waals surface area (Å²) in [7, 11) is 0. The number of hydrogen-bond acceptors (Lipinski definition) is 3. The Morgan fingerprint density at radius 1 is 1.27 bits per heavy atom. The van der Waals surface area contributed by atoms with E-state index in [0.717, 1.165) is 37.2 Å². The minimum Gasteiger partial charge on any atom is -0.395 e. The first-order valence-corrected chi connectivity index (χ1v) is 8.17. The number of rotatable bonds is 5. The number of aliphatic hydroxyl groups excluding tert-OH is 1. The van der Waals surface area contributed by atoms with Crippen LogP contribution in [0.15, 0.2) is 30.3 Å². The van der Waals surface area contributed by atoms with Crippen molar-refractivity contribution >= 4 is 11.6 Å². The van der Waals surface area contributed by atoms with Crippen molar-refractivity contribution in [1.29, 1.82) is 0 Å². The lowest BCUT2D eigenvalue weighted by molar-refractivity contribution is 0.153. The first kappa shape index (κ1) is 15.5. The van der Waals surface area contributed by atoms with Crippen molar-refractivity contribution in [3.63, 3.8) is 0 Å². The van der Waals surface area contributed by atoms with Gasteiger partial charge in [0.15, 0.2) is 0 Å². The zero-order valence-corrected chi connectivity index (χ0v) is 13.6. The number of aryl methyl sites for hydroxylation is 1. The van der Waals surface area contributed by atoms with Gasteiger partial charge in [0.2, 0.25) is 0 Å². The molecule has 0 saturated carbocycles. The van der Waals surface area contributed by atoms with Crippen molar-refractivity contribution in [2.75, 3.05) is 13.2 Å². The summed E-state index contributed by atoms with van der Waals surface area (Å²) in [6.45, 7) is 4.70. The number of hydrogen-bond donors (Lipinski definition) is 1. The second-order valence-electron chi connectivity index (χ2n) is 5.95. The molecule has 2 heterocycles. The van der Waals surface area contributed by atoms with E-state index >= 15 is 0 Å². The lowest BCUT2D eigenvalue weighted by Gasteiger charge is -2.22. The van der Waals surface area contributed by atoms with Crippen LogP contribution in [0.5, 0.6) is 0 Å². The molecular formula is C17H22ClN3O. The zero-order valence-electron chi connectivity index (χ0n) is 12.9. The van der Waals surface area contributed by atoms with E-state index in [1.165, 1.54) is 5.56 Å². The maximum absolute atomic E-state index is 9.46. The highest BCUT2D eigenvalue weighted by molar-refractivity contribution is 6.30. The Bertz CT molecular complexity index is 626. The summed E-state index contributed by atoms with van der Waals surface area (Å²) < 4.78 is 1.87. The Morgan fingerprint density at radius 3 is 2.77 bits per heavy atom. The molecule has 2 aromatic rings. The van der Waals surface area contributed by atoms with Gasteiger partial charge in [-0.3, -0.25) is 4.90 Å². The minimum atomic E-state index is 0.217. The van der Waals surface area contributed by atoms with Gasteiger partial charge >= 0.3 is 0 Å². The van der Waals surface area contributed by atoms with Crippen molar-refractivity contribution in [3.05, 3.63) is 52.3 Å². The van der Waals surface area contributed by atoms with Gasteiger partial charge in [-0.25, -0.2) is 4.68 Å². The zero-order chi connectivity index (χ0) is 15.5. The molecule has 0 aliphatic carbocycles. The fourth-order valence-electron chi connectivity index (χ4n) is 3.14. The molecule has 0 bridgehead atoms. The average Bonchev–Trinajstić information content (AvgIpc) is 3.08. The number of benzene rings is 1. The van der Waals surface area contributed by atoms with Crippen LogP contribution in [0.3, 0.4) is 0 Å². The fourth-order valence-corrected chi connectivity index (χ4v) is 3.44. The smallest absolute Gasteiger partial charge is 0.132 e. The Morgan fingerprint density at radius 2 is 2.05 bits per heavy atom. The van der Waals surface area contributed by atoms with Crippen LogP contribution in [0, 0.1) is 6.92 Å². The molecule has 22 heavy (non-hydrogen) atoms. The standard InChI is InChI=1S/C17H22ClN3O/c1-13-16(11-20-9-5-8-15(20)12-22)17(18)21(19-13)10-14-6-3-2-4-7-14/h2-4,6-7,15,22H,5,8-12H2,1H3/t15-/m1/s1. The monoisotopic (exact) mass is 319 g/mol. The largest absolute Gasteiger partial charge is 0.395 e. The second-order valence-corrected chi connectivity index (χ2v) is 6.31. The molecule has 3 rings (SSSR count). The van der Waals surface area contributed by atoms with E-state index in [-0.39, 0.29) is 12.6 Å². The Balaban J connectivity index is 1.78. The van der Waals surface area contributed by atoms with E-state index in [1.54, 1.807) is 0 Å². The van der Waals surface area contributed by atoms with Crippen molar-refractivity contribution in [3.8, 4) is 0 Å². The third kappa shape index (κ3) is 3.19. The summed E-state index contributed by atoms with van der Waals surface area (Å²) in [5, 5.41) is 14.8. The molecule has 1 fully saturated rings. The average molecular weight is 320 g/mol. The molecule has 118 valence electrons. The van der Waals surface area contributed by atoms with Gasteiger partial charge in [-0.2, -0.15) is 5.10 Å². The quantitative estimate of drug-likeness (QED) is 0.921. The molecule has 1 aromatic carbocycles. The topological polar surface area (TPSA) is 41.3 Å². The Kier molecular flexibility index (Phi) is 4.81. The Labute approximate surface area is 136 Å². The van der Waals surface area contributed by atoms with Crippen LogP contribution in [-0.4, -0.2) is 39.0 Å². The van der Waals surface area contributed by atoms with Crippen molar-refractivity contribution in [2.24, 2.45) is 0 Å². The van der Waals surface area contributed by atoms with Crippen LogP contribution < -0.4 is 0 Å². The van der Waals surface area contributed by atoms with Crippen LogP contribution in [0.4, 0.5) is 0 Å². The molecule has 1 aliphatic heterocycles. The highest BCUT2D eigenvalue weighted by Crippen LogP contribution is 2.26. The molecule has 0 spiro atoms. The predicted molar refractivity (Wildman–Crippen MR) is 88.0 cm³/mol. The molecule has 0 amide bonds. The lowest BCUT2D eigenvalue weighted by atomic mass is 10.2. The van der Waals surface area contributed by atoms with E-state index in [2.05, 4.69) is 22.1 Å². The first-order chi connectivity index (χ1) is 10.7. The number of aliphatic hydroxyl groups is 1. The van der Waals surface area contributed by atoms with Crippen LogP contribution in [-0.2, 0) is 13.1 Å². The van der Waals surface area contributed by atoms with E-state index in [0.29, 0.717) is 11.7 Å². The number of likely N-dealkylation sites (tertiary alicyclic amines) is 1.